The van der Waals surface area contributed by atoms with Gasteiger partial charge in [-0.1, -0.05) is 5.11 Å². The molecule has 92 valence electrons. The second-order valence-electron chi connectivity index (χ2n) is 3.81. The first-order valence-corrected chi connectivity index (χ1v) is 5.90. The van der Waals surface area contributed by atoms with E-state index in [0.717, 1.165) is 11.3 Å². The number of alkyl halides is 1. The first kappa shape index (κ1) is 12.6. The maximum atomic E-state index is 13.3. The van der Waals surface area contributed by atoms with Gasteiger partial charge >= 0.3 is 0 Å². The molecule has 0 radical (unpaired) electrons. The van der Waals surface area contributed by atoms with Gasteiger partial charge in [-0.25, -0.2) is 4.39 Å². The summed E-state index contributed by atoms with van der Waals surface area (Å²) in [4.78, 5) is 7.17. The highest BCUT2D eigenvalue weighted by molar-refractivity contribution is 6.18. The lowest BCUT2D eigenvalue weighted by atomic mass is 10.0. The topological polar surface area (TPSA) is 61.7 Å². The summed E-state index contributed by atoms with van der Waals surface area (Å²) in [6.45, 7) is 1.82. The molecule has 0 aliphatic rings. The molecule has 0 saturated carbocycles. The molecule has 0 bridgehead atoms. The van der Waals surface area contributed by atoms with Crippen LogP contribution in [-0.4, -0.2) is 10.9 Å². The van der Waals surface area contributed by atoms with E-state index in [1.807, 2.05) is 6.92 Å². The van der Waals surface area contributed by atoms with Crippen LogP contribution in [0.25, 0.3) is 21.3 Å². The summed E-state index contributed by atoms with van der Waals surface area (Å²) in [5, 5.41) is 4.18. The van der Waals surface area contributed by atoms with Gasteiger partial charge in [0, 0.05) is 21.9 Å². The van der Waals surface area contributed by atoms with Crippen LogP contribution in [0.4, 0.5) is 10.1 Å². The van der Waals surface area contributed by atoms with Crippen molar-refractivity contribution in [3.8, 4) is 0 Å². The van der Waals surface area contributed by atoms with Gasteiger partial charge in [0.15, 0.2) is 0 Å². The number of benzene rings is 1. The van der Waals surface area contributed by atoms with Crippen molar-refractivity contribution < 1.29 is 4.39 Å². The van der Waals surface area contributed by atoms with Gasteiger partial charge in [0.05, 0.1) is 11.2 Å². The molecule has 0 aliphatic heterocycles. The summed E-state index contributed by atoms with van der Waals surface area (Å²) in [6, 6.07) is 4.22. The molecule has 1 aromatic heterocycles. The number of halogens is 2. The summed E-state index contributed by atoms with van der Waals surface area (Å²) < 4.78 is 13.3. The van der Waals surface area contributed by atoms with Crippen molar-refractivity contribution in [3.05, 3.63) is 45.7 Å². The maximum absolute atomic E-state index is 13.3. The normalized spacial score (nSPS) is 10.4. The highest BCUT2D eigenvalue weighted by Gasteiger charge is 2.11. The van der Waals surface area contributed by atoms with Gasteiger partial charge in [0.2, 0.25) is 0 Å². The Hall–Kier alpha value is -1.84. The zero-order chi connectivity index (χ0) is 13.1. The molecular weight excluding hydrogens is 255 g/mol. The quantitative estimate of drug-likeness (QED) is 0.351. The van der Waals surface area contributed by atoms with Crippen LogP contribution in [0.15, 0.2) is 23.3 Å². The minimum Gasteiger partial charge on any atom is -0.253 e. The van der Waals surface area contributed by atoms with Gasteiger partial charge in [0.1, 0.15) is 5.82 Å². The van der Waals surface area contributed by atoms with E-state index in [1.165, 1.54) is 12.1 Å². The van der Waals surface area contributed by atoms with Gasteiger partial charge in [0.25, 0.3) is 0 Å². The van der Waals surface area contributed by atoms with Crippen LogP contribution in [0.2, 0.25) is 0 Å². The third-order valence-electron chi connectivity index (χ3n) is 2.71. The second-order valence-corrected chi connectivity index (χ2v) is 4.19. The van der Waals surface area contributed by atoms with Crippen LogP contribution in [0, 0.1) is 12.7 Å². The molecule has 2 aromatic rings. The largest absolute Gasteiger partial charge is 0.253 e. The Kier molecular flexibility index (Phi) is 3.65. The number of aryl methyl sites for hydroxylation is 1. The van der Waals surface area contributed by atoms with E-state index in [2.05, 4.69) is 15.0 Å². The van der Waals surface area contributed by atoms with E-state index in [4.69, 9.17) is 17.1 Å². The Morgan fingerprint density at radius 1 is 1.50 bits per heavy atom. The van der Waals surface area contributed by atoms with Crippen LogP contribution >= 0.6 is 11.6 Å². The molecular formula is C12H10ClFN4. The fraction of sp³-hybridized carbons (Fsp3) is 0.250. The first-order valence-electron chi connectivity index (χ1n) is 5.37. The number of aromatic nitrogens is 1. The number of nitrogens with zero attached hydrogens (tertiary/aromatic N) is 4. The van der Waals surface area contributed by atoms with E-state index < -0.39 is 0 Å². The van der Waals surface area contributed by atoms with Crippen LogP contribution in [0.1, 0.15) is 11.3 Å². The minimum atomic E-state index is -0.389. The molecule has 0 unspecified atom stereocenters. The van der Waals surface area contributed by atoms with Crippen molar-refractivity contribution in [2.24, 2.45) is 5.11 Å². The average molecular weight is 265 g/mol. The molecule has 0 saturated heterocycles. The predicted molar refractivity (Wildman–Crippen MR) is 69.7 cm³/mol. The third-order valence-corrected chi connectivity index (χ3v) is 2.90. The molecule has 2 rings (SSSR count). The van der Waals surface area contributed by atoms with Crippen molar-refractivity contribution in [1.29, 1.82) is 0 Å². The Balaban J connectivity index is 2.86. The molecule has 0 atom stereocenters. The highest BCUT2D eigenvalue weighted by atomic mass is 35.5. The summed E-state index contributed by atoms with van der Waals surface area (Å²) in [5.74, 6) is -0.00327. The van der Waals surface area contributed by atoms with Crippen LogP contribution < -0.4 is 0 Å². The average Bonchev–Trinajstić information content (AvgIpc) is 2.35. The van der Waals surface area contributed by atoms with Crippen molar-refractivity contribution in [1.82, 2.24) is 4.98 Å². The van der Waals surface area contributed by atoms with Gasteiger partial charge in [-0.2, -0.15) is 0 Å². The molecule has 6 heteroatoms. The molecule has 0 N–H and O–H groups in total. The van der Waals surface area contributed by atoms with Crippen LogP contribution in [-0.2, 0) is 6.42 Å². The predicted octanol–water partition coefficient (Wildman–Crippen LogP) is 4.41. The number of fused-ring (bicyclic) bond motifs is 1. The zero-order valence-corrected chi connectivity index (χ0v) is 10.4. The first-order chi connectivity index (χ1) is 8.67. The fourth-order valence-electron chi connectivity index (χ4n) is 1.93. The number of hydrogen-bond acceptors (Lipinski definition) is 2. The summed E-state index contributed by atoms with van der Waals surface area (Å²) in [5.41, 5.74) is 11.2. The van der Waals surface area contributed by atoms with Crippen molar-refractivity contribution in [2.45, 2.75) is 13.3 Å². The van der Waals surface area contributed by atoms with Crippen molar-refractivity contribution in [3.63, 3.8) is 0 Å². The van der Waals surface area contributed by atoms with Crippen molar-refractivity contribution in [2.75, 3.05) is 5.88 Å². The molecule has 1 heterocycles. The lowest BCUT2D eigenvalue weighted by Crippen LogP contribution is -1.96. The molecule has 18 heavy (non-hydrogen) atoms. The standard InChI is InChI=1S/C12H10ClFN4/c1-7-9(4-5-13)12(17-18-15)10-6-8(14)2-3-11(10)16-7/h2-3,6H,4-5H2,1H3. The van der Waals surface area contributed by atoms with E-state index in [0.29, 0.717) is 28.9 Å². The number of hydrogen-bond donors (Lipinski definition) is 0. The molecule has 4 nitrogen and oxygen atoms in total. The minimum absolute atomic E-state index is 0.386. The lowest BCUT2D eigenvalue weighted by Gasteiger charge is -2.10. The highest BCUT2D eigenvalue weighted by Crippen LogP contribution is 2.32. The molecule has 1 aromatic carbocycles. The second kappa shape index (κ2) is 5.21. The Morgan fingerprint density at radius 2 is 2.28 bits per heavy atom. The number of azide groups is 1. The zero-order valence-electron chi connectivity index (χ0n) is 9.69. The fourth-order valence-corrected chi connectivity index (χ4v) is 2.12. The molecule has 0 fully saturated rings. The molecule has 0 aliphatic carbocycles. The van der Waals surface area contributed by atoms with E-state index in [-0.39, 0.29) is 5.82 Å². The summed E-state index contributed by atoms with van der Waals surface area (Å²) in [7, 11) is 0. The Labute approximate surface area is 108 Å². The maximum Gasteiger partial charge on any atom is 0.123 e. The van der Waals surface area contributed by atoms with Crippen LogP contribution in [0.5, 0.6) is 0 Å². The van der Waals surface area contributed by atoms with E-state index in [9.17, 15) is 4.39 Å². The lowest BCUT2D eigenvalue weighted by molar-refractivity contribution is 0.629. The van der Waals surface area contributed by atoms with Gasteiger partial charge < -0.3 is 0 Å². The van der Waals surface area contributed by atoms with E-state index >= 15 is 0 Å². The van der Waals surface area contributed by atoms with Crippen LogP contribution in [0.3, 0.4) is 0 Å². The Bertz CT molecular complexity index is 650. The molecule has 0 amide bonds. The number of pyridine rings is 1. The van der Waals surface area contributed by atoms with Gasteiger partial charge in [-0.05, 0) is 42.6 Å². The smallest absolute Gasteiger partial charge is 0.123 e. The summed E-state index contributed by atoms with van der Waals surface area (Å²) in [6.07, 6.45) is 0.529. The summed E-state index contributed by atoms with van der Waals surface area (Å²) >= 11 is 5.73. The Morgan fingerprint density at radius 3 is 2.94 bits per heavy atom. The monoisotopic (exact) mass is 264 g/mol. The van der Waals surface area contributed by atoms with Crippen molar-refractivity contribution >= 4 is 28.2 Å². The van der Waals surface area contributed by atoms with E-state index in [1.54, 1.807) is 6.07 Å². The third kappa shape index (κ3) is 2.23. The molecule has 0 spiro atoms. The number of rotatable bonds is 3. The SMILES string of the molecule is Cc1nc2ccc(F)cc2c(N=[N+]=[N-])c1CCCl. The van der Waals surface area contributed by atoms with Gasteiger partial charge in [-0.3, -0.25) is 4.98 Å². The van der Waals surface area contributed by atoms with Gasteiger partial charge in [-0.15, -0.1) is 11.6 Å².